The topological polar surface area (TPSA) is 116 Å². The van der Waals surface area contributed by atoms with E-state index < -0.39 is 12.4 Å². The highest BCUT2D eigenvalue weighted by molar-refractivity contribution is 7.80. The van der Waals surface area contributed by atoms with Crippen LogP contribution in [0, 0.1) is 0 Å². The Bertz CT molecular complexity index is 978. The van der Waals surface area contributed by atoms with Crippen LogP contribution in [0.1, 0.15) is 24.3 Å². The monoisotopic (exact) mass is 412 g/mol. The van der Waals surface area contributed by atoms with Gasteiger partial charge in [0, 0.05) is 19.8 Å². The summed E-state index contributed by atoms with van der Waals surface area (Å²) in [7, 11) is 3.58. The quantitative estimate of drug-likeness (QED) is 0.321. The van der Waals surface area contributed by atoms with Gasteiger partial charge in [0.2, 0.25) is 0 Å². The Kier molecular flexibility index (Phi) is 6.25. The van der Waals surface area contributed by atoms with Gasteiger partial charge in [-0.1, -0.05) is 12.1 Å². The Morgan fingerprint density at radius 1 is 1.52 bits per heavy atom. The van der Waals surface area contributed by atoms with Crippen LogP contribution in [-0.4, -0.2) is 50.0 Å². The number of thiocarbonyl (C=S) groups is 1. The molecule has 2 unspecified atom stereocenters. The zero-order valence-corrected chi connectivity index (χ0v) is 17.3. The number of benzene rings is 1. The van der Waals surface area contributed by atoms with Gasteiger partial charge < -0.3 is 26.0 Å². The minimum absolute atomic E-state index is 0.169. The number of aliphatic hydroxyl groups is 1. The number of hydrazone groups is 1. The average Bonchev–Trinajstić information content (AvgIpc) is 3.12. The highest BCUT2D eigenvalue weighted by Gasteiger charge is 2.18. The molecule has 2 aromatic rings. The second-order valence-corrected chi connectivity index (χ2v) is 7.02. The maximum Gasteiger partial charge on any atom is 0.194 e. The highest BCUT2D eigenvalue weighted by atomic mass is 32.1. The molecule has 1 aromatic carbocycles. The summed E-state index contributed by atoms with van der Waals surface area (Å²) in [6.45, 7) is 1.73. The molecule has 3 rings (SSSR count). The Labute approximate surface area is 174 Å². The Morgan fingerprint density at radius 2 is 2.31 bits per heavy atom. The second kappa shape index (κ2) is 8.84. The van der Waals surface area contributed by atoms with Gasteiger partial charge in [0.1, 0.15) is 0 Å². The van der Waals surface area contributed by atoms with E-state index in [-0.39, 0.29) is 5.11 Å². The van der Waals surface area contributed by atoms with Crippen molar-refractivity contribution in [2.75, 3.05) is 12.4 Å². The van der Waals surface area contributed by atoms with Crippen LogP contribution in [0.4, 0.5) is 5.69 Å². The van der Waals surface area contributed by atoms with Crippen molar-refractivity contribution in [2.24, 2.45) is 22.9 Å². The third-order valence-electron chi connectivity index (χ3n) is 4.30. The first-order valence-corrected chi connectivity index (χ1v) is 9.38. The van der Waals surface area contributed by atoms with Crippen LogP contribution < -0.4 is 16.4 Å². The van der Waals surface area contributed by atoms with Gasteiger partial charge in [-0.2, -0.15) is 5.10 Å². The van der Waals surface area contributed by atoms with E-state index in [9.17, 15) is 5.11 Å². The van der Waals surface area contributed by atoms with Gasteiger partial charge in [-0.05, 0) is 42.9 Å². The molecule has 0 radical (unpaired) electrons. The molecule has 1 aliphatic rings. The van der Waals surface area contributed by atoms with E-state index in [1.54, 1.807) is 32.7 Å². The molecule has 2 heterocycles. The molecule has 2 atom stereocenters. The number of allylic oxidation sites excluding steroid dienone is 2. The molecule has 0 aliphatic carbocycles. The molecule has 0 amide bonds. The van der Waals surface area contributed by atoms with Crippen LogP contribution in [0.3, 0.4) is 0 Å². The summed E-state index contributed by atoms with van der Waals surface area (Å²) < 4.78 is 1.89. The van der Waals surface area contributed by atoms with Crippen molar-refractivity contribution in [2.45, 2.75) is 19.3 Å². The van der Waals surface area contributed by atoms with Crippen LogP contribution >= 0.6 is 12.2 Å². The predicted octanol–water partition coefficient (Wildman–Crippen LogP) is 1.31. The second-order valence-electron chi connectivity index (χ2n) is 6.60. The summed E-state index contributed by atoms with van der Waals surface area (Å²) in [5, 5.41) is 22.2. The van der Waals surface area contributed by atoms with Crippen molar-refractivity contribution >= 4 is 34.9 Å². The molecular weight excluding hydrogens is 388 g/mol. The number of nitrogens with one attached hydrogen (secondary N) is 2. The molecule has 1 aliphatic heterocycles. The lowest BCUT2D eigenvalue weighted by Gasteiger charge is -2.24. The fourth-order valence-electron chi connectivity index (χ4n) is 2.69. The number of hydrogen-bond donors (Lipinski definition) is 4. The lowest BCUT2D eigenvalue weighted by Crippen LogP contribution is -2.39. The van der Waals surface area contributed by atoms with Gasteiger partial charge in [-0.25, -0.2) is 15.0 Å². The van der Waals surface area contributed by atoms with E-state index in [0.29, 0.717) is 0 Å². The minimum atomic E-state index is -0.553. The van der Waals surface area contributed by atoms with Crippen molar-refractivity contribution in [3.05, 3.63) is 59.8 Å². The first-order valence-electron chi connectivity index (χ1n) is 8.98. The molecule has 152 valence electrons. The van der Waals surface area contributed by atoms with E-state index in [0.717, 1.165) is 28.4 Å². The molecule has 0 saturated heterocycles. The molecule has 5 N–H and O–H groups in total. The molecular formula is C19H24N8OS. The first-order chi connectivity index (χ1) is 13.8. The number of rotatable bonds is 6. The summed E-state index contributed by atoms with van der Waals surface area (Å²) >= 11 is 4.92. The molecule has 0 fully saturated rings. The number of imidazole rings is 1. The number of aryl methyl sites for hydroxylation is 1. The minimum Gasteiger partial charge on any atom is -0.389 e. The summed E-state index contributed by atoms with van der Waals surface area (Å²) in [6.07, 6.45) is 5.97. The number of anilines is 1. The number of nitrogens with two attached hydrogens (primary N) is 1. The van der Waals surface area contributed by atoms with Crippen molar-refractivity contribution in [1.29, 1.82) is 0 Å². The Morgan fingerprint density at radius 3 is 2.97 bits per heavy atom. The Hall–Kier alpha value is -3.24. The smallest absolute Gasteiger partial charge is 0.194 e. The van der Waals surface area contributed by atoms with Gasteiger partial charge >= 0.3 is 0 Å². The standard InChI is InChI=1S/C19H24N8OS/c1-12(28)13-5-4-6-14(7-13)23-19-24-15(9-22-27(3)18(20)29)8-16(25-19)17-10-21-11-26(17)2/h4-12,19,23-24,28H,1-3H3,(H2,20,29)/b22-9+. The summed E-state index contributed by atoms with van der Waals surface area (Å²) in [5.74, 6) is 0. The number of nitrogens with zero attached hydrogens (tertiary/aromatic N) is 5. The lowest BCUT2D eigenvalue weighted by molar-refractivity contribution is 0.199. The predicted molar refractivity (Wildman–Crippen MR) is 118 cm³/mol. The Balaban J connectivity index is 1.88. The van der Waals surface area contributed by atoms with Crippen molar-refractivity contribution in [3.8, 4) is 0 Å². The third kappa shape index (κ3) is 5.18. The van der Waals surface area contributed by atoms with E-state index >= 15 is 0 Å². The van der Waals surface area contributed by atoms with E-state index in [2.05, 4.69) is 20.7 Å². The normalized spacial score (nSPS) is 17.3. The molecule has 0 bridgehead atoms. The van der Waals surface area contributed by atoms with E-state index in [1.165, 1.54) is 5.01 Å². The van der Waals surface area contributed by atoms with Gasteiger partial charge in [-0.15, -0.1) is 0 Å². The summed E-state index contributed by atoms with van der Waals surface area (Å²) in [5.41, 5.74) is 9.56. The largest absolute Gasteiger partial charge is 0.389 e. The third-order valence-corrected chi connectivity index (χ3v) is 4.57. The highest BCUT2D eigenvalue weighted by Crippen LogP contribution is 2.19. The van der Waals surface area contributed by atoms with Crippen LogP contribution in [0.15, 0.2) is 58.7 Å². The summed E-state index contributed by atoms with van der Waals surface area (Å²) in [6, 6.07) is 7.56. The van der Waals surface area contributed by atoms with Crippen molar-refractivity contribution in [3.63, 3.8) is 0 Å². The van der Waals surface area contributed by atoms with Crippen molar-refractivity contribution < 1.29 is 5.11 Å². The number of aliphatic imine (C=N–C) groups is 1. The van der Waals surface area contributed by atoms with Gasteiger partial charge in [0.15, 0.2) is 11.4 Å². The van der Waals surface area contributed by atoms with Crippen LogP contribution in [-0.2, 0) is 7.05 Å². The zero-order chi connectivity index (χ0) is 21.0. The fraction of sp³-hybridized carbons (Fsp3) is 0.263. The van der Waals surface area contributed by atoms with Gasteiger partial charge in [0.05, 0.1) is 41.9 Å². The SMILES string of the molecule is CC(O)c1cccc(NC2N=C(c3cncn3C)C=C(/C=N/N(C)C(N)=S)N2)c1. The van der Waals surface area contributed by atoms with Gasteiger partial charge in [-0.3, -0.25) is 0 Å². The fourth-order valence-corrected chi connectivity index (χ4v) is 2.74. The number of hydrogen-bond acceptors (Lipinski definition) is 7. The molecule has 0 spiro atoms. The van der Waals surface area contributed by atoms with E-state index in [1.807, 2.05) is 42.0 Å². The maximum atomic E-state index is 9.83. The zero-order valence-electron chi connectivity index (χ0n) is 16.4. The first kappa shape index (κ1) is 20.5. The van der Waals surface area contributed by atoms with Crippen LogP contribution in [0.2, 0.25) is 0 Å². The summed E-state index contributed by atoms with van der Waals surface area (Å²) in [4.78, 5) is 8.90. The molecule has 9 nitrogen and oxygen atoms in total. The van der Waals surface area contributed by atoms with E-state index in [4.69, 9.17) is 22.9 Å². The van der Waals surface area contributed by atoms with Crippen LogP contribution in [0.5, 0.6) is 0 Å². The lowest BCUT2D eigenvalue weighted by atomic mass is 10.1. The molecule has 10 heteroatoms. The van der Waals surface area contributed by atoms with Gasteiger partial charge in [0.25, 0.3) is 0 Å². The molecule has 0 saturated carbocycles. The molecule has 29 heavy (non-hydrogen) atoms. The number of aromatic nitrogens is 2. The average molecular weight is 413 g/mol. The van der Waals surface area contributed by atoms with Crippen LogP contribution in [0.25, 0.3) is 0 Å². The number of aliphatic hydroxyl groups excluding tert-OH is 1. The van der Waals surface area contributed by atoms with Crippen molar-refractivity contribution in [1.82, 2.24) is 19.9 Å². The molecule has 1 aromatic heterocycles. The maximum absolute atomic E-state index is 9.83.